The number of carbonyl (C=O) groups is 1. The number of alkyl halides is 3. The molecule has 0 aliphatic rings. The van der Waals surface area contributed by atoms with Crippen molar-refractivity contribution in [3.8, 4) is 17.0 Å². The van der Waals surface area contributed by atoms with Crippen LogP contribution in [0, 0.1) is 0 Å². The lowest BCUT2D eigenvalue weighted by molar-refractivity contribution is -0.274. The van der Waals surface area contributed by atoms with E-state index in [4.69, 9.17) is 4.74 Å². The Morgan fingerprint density at radius 2 is 1.77 bits per heavy atom. The standard InChI is InChI=1S/C18H19F3N2O3/c1-17(2,3)26-16(24)23-11-12-8-9-22-15(10-12)13-4-6-14(7-5-13)25-18(19,20)21/h4-10H,11H2,1-3H3,(H,23,24). The predicted molar refractivity (Wildman–Crippen MR) is 89.4 cm³/mol. The number of amides is 1. The summed E-state index contributed by atoms with van der Waals surface area (Å²) in [6, 6.07) is 8.86. The summed E-state index contributed by atoms with van der Waals surface area (Å²) in [6.07, 6.45) is -3.71. The molecular weight excluding hydrogens is 349 g/mol. The van der Waals surface area contributed by atoms with Gasteiger partial charge in [0.15, 0.2) is 0 Å². The van der Waals surface area contributed by atoms with Crippen molar-refractivity contribution in [1.82, 2.24) is 10.3 Å². The summed E-state index contributed by atoms with van der Waals surface area (Å²) in [6.45, 7) is 5.54. The molecule has 0 bridgehead atoms. The van der Waals surface area contributed by atoms with Crippen LogP contribution in [-0.2, 0) is 11.3 Å². The number of halogens is 3. The van der Waals surface area contributed by atoms with Crippen LogP contribution in [0.1, 0.15) is 26.3 Å². The Balaban J connectivity index is 2.03. The molecule has 0 aliphatic carbocycles. The molecule has 140 valence electrons. The molecule has 0 saturated carbocycles. The zero-order valence-electron chi connectivity index (χ0n) is 14.6. The minimum Gasteiger partial charge on any atom is -0.444 e. The van der Waals surface area contributed by atoms with Gasteiger partial charge in [0.1, 0.15) is 11.4 Å². The Kier molecular flexibility index (Phi) is 5.74. The van der Waals surface area contributed by atoms with Crippen LogP contribution in [0.4, 0.5) is 18.0 Å². The molecule has 5 nitrogen and oxygen atoms in total. The summed E-state index contributed by atoms with van der Waals surface area (Å²) in [5.74, 6) is -0.302. The second-order valence-corrected chi connectivity index (χ2v) is 6.48. The van der Waals surface area contributed by atoms with Crippen LogP contribution in [0.2, 0.25) is 0 Å². The molecule has 0 aliphatic heterocycles. The Morgan fingerprint density at radius 3 is 2.35 bits per heavy atom. The predicted octanol–water partition coefficient (Wildman–Crippen LogP) is 4.67. The highest BCUT2D eigenvalue weighted by atomic mass is 19.4. The summed E-state index contributed by atoms with van der Waals surface area (Å²) in [7, 11) is 0. The van der Waals surface area contributed by atoms with Gasteiger partial charge in [-0.1, -0.05) is 0 Å². The number of benzene rings is 1. The fraction of sp³-hybridized carbons (Fsp3) is 0.333. The van der Waals surface area contributed by atoms with Crippen LogP contribution in [0.25, 0.3) is 11.3 Å². The van der Waals surface area contributed by atoms with Crippen LogP contribution in [0.3, 0.4) is 0 Å². The number of aromatic nitrogens is 1. The van der Waals surface area contributed by atoms with Gasteiger partial charge >= 0.3 is 12.5 Å². The van der Waals surface area contributed by atoms with Gasteiger partial charge in [0, 0.05) is 18.3 Å². The quantitative estimate of drug-likeness (QED) is 0.852. The number of alkyl carbamates (subject to hydrolysis) is 1. The average molecular weight is 368 g/mol. The van der Waals surface area contributed by atoms with Crippen molar-refractivity contribution in [1.29, 1.82) is 0 Å². The molecule has 26 heavy (non-hydrogen) atoms. The first-order valence-corrected chi connectivity index (χ1v) is 7.80. The third kappa shape index (κ3) is 6.62. The lowest BCUT2D eigenvalue weighted by atomic mass is 10.1. The molecule has 1 N–H and O–H groups in total. The van der Waals surface area contributed by atoms with E-state index in [1.807, 2.05) is 0 Å². The summed E-state index contributed by atoms with van der Waals surface area (Å²) < 4.78 is 45.6. The van der Waals surface area contributed by atoms with Crippen molar-refractivity contribution in [3.05, 3.63) is 48.2 Å². The van der Waals surface area contributed by atoms with Crippen molar-refractivity contribution >= 4 is 6.09 Å². The van der Waals surface area contributed by atoms with E-state index in [-0.39, 0.29) is 12.3 Å². The third-order valence-corrected chi connectivity index (χ3v) is 3.04. The number of rotatable bonds is 4. The molecule has 0 spiro atoms. The maximum Gasteiger partial charge on any atom is 0.573 e. The number of nitrogens with zero attached hydrogens (tertiary/aromatic N) is 1. The molecule has 1 aromatic heterocycles. The average Bonchev–Trinajstić information content (AvgIpc) is 2.51. The summed E-state index contributed by atoms with van der Waals surface area (Å²) in [5.41, 5.74) is 1.37. The first kappa shape index (κ1) is 19.6. The van der Waals surface area contributed by atoms with Gasteiger partial charge < -0.3 is 14.8 Å². The minimum atomic E-state index is -4.73. The molecule has 1 aromatic carbocycles. The molecule has 1 heterocycles. The second-order valence-electron chi connectivity index (χ2n) is 6.48. The van der Waals surface area contributed by atoms with Crippen LogP contribution in [-0.4, -0.2) is 23.0 Å². The van der Waals surface area contributed by atoms with Gasteiger partial charge in [0.05, 0.1) is 5.69 Å². The number of nitrogens with one attached hydrogen (secondary N) is 1. The number of carbonyl (C=O) groups excluding carboxylic acids is 1. The Hall–Kier alpha value is -2.77. The molecule has 8 heteroatoms. The van der Waals surface area contributed by atoms with E-state index in [2.05, 4.69) is 15.0 Å². The van der Waals surface area contributed by atoms with Gasteiger partial charge in [0.2, 0.25) is 0 Å². The smallest absolute Gasteiger partial charge is 0.444 e. The zero-order valence-corrected chi connectivity index (χ0v) is 14.6. The molecular formula is C18H19F3N2O3. The largest absolute Gasteiger partial charge is 0.573 e. The van der Waals surface area contributed by atoms with Gasteiger partial charge in [0.25, 0.3) is 0 Å². The van der Waals surface area contributed by atoms with Crippen LogP contribution in [0.15, 0.2) is 42.6 Å². The highest BCUT2D eigenvalue weighted by Gasteiger charge is 2.30. The van der Waals surface area contributed by atoms with Gasteiger partial charge in [-0.05, 0) is 62.7 Å². The highest BCUT2D eigenvalue weighted by Crippen LogP contribution is 2.26. The molecule has 0 saturated heterocycles. The van der Waals surface area contributed by atoms with E-state index in [1.54, 1.807) is 39.1 Å². The van der Waals surface area contributed by atoms with E-state index < -0.39 is 18.1 Å². The van der Waals surface area contributed by atoms with Crippen molar-refractivity contribution in [3.63, 3.8) is 0 Å². The van der Waals surface area contributed by atoms with E-state index in [1.165, 1.54) is 24.3 Å². The van der Waals surface area contributed by atoms with Gasteiger partial charge in [-0.2, -0.15) is 0 Å². The molecule has 2 aromatic rings. The molecule has 1 amide bonds. The molecule has 2 rings (SSSR count). The highest BCUT2D eigenvalue weighted by molar-refractivity contribution is 5.68. The molecule has 0 radical (unpaired) electrons. The van der Waals surface area contributed by atoms with Crippen LogP contribution >= 0.6 is 0 Å². The Labute approximate surface area is 149 Å². The number of pyridine rings is 1. The normalized spacial score (nSPS) is 11.8. The lowest BCUT2D eigenvalue weighted by Gasteiger charge is -2.19. The summed E-state index contributed by atoms with van der Waals surface area (Å²) >= 11 is 0. The van der Waals surface area contributed by atoms with Gasteiger partial charge in [-0.3, -0.25) is 4.98 Å². The van der Waals surface area contributed by atoms with Crippen molar-refractivity contribution in [2.24, 2.45) is 0 Å². The molecule has 0 atom stereocenters. The Bertz CT molecular complexity index is 754. The topological polar surface area (TPSA) is 60.5 Å². The minimum absolute atomic E-state index is 0.236. The van der Waals surface area contributed by atoms with E-state index in [0.717, 1.165) is 5.56 Å². The molecule has 0 unspecified atom stereocenters. The van der Waals surface area contributed by atoms with Gasteiger partial charge in [-0.25, -0.2) is 4.79 Å². The second kappa shape index (κ2) is 7.63. The first-order valence-electron chi connectivity index (χ1n) is 7.80. The first-order chi connectivity index (χ1) is 12.0. The third-order valence-electron chi connectivity index (χ3n) is 3.04. The van der Waals surface area contributed by atoms with Crippen LogP contribution in [0.5, 0.6) is 5.75 Å². The SMILES string of the molecule is CC(C)(C)OC(=O)NCc1ccnc(-c2ccc(OC(F)(F)F)cc2)c1. The van der Waals surface area contributed by atoms with Crippen LogP contribution < -0.4 is 10.1 Å². The van der Waals surface area contributed by atoms with E-state index >= 15 is 0 Å². The summed E-state index contributed by atoms with van der Waals surface area (Å²) in [5, 5.41) is 2.64. The molecule has 0 fully saturated rings. The van der Waals surface area contributed by atoms with Crippen molar-refractivity contribution in [2.75, 3.05) is 0 Å². The van der Waals surface area contributed by atoms with E-state index in [9.17, 15) is 18.0 Å². The zero-order chi connectivity index (χ0) is 19.4. The van der Waals surface area contributed by atoms with Crippen molar-refractivity contribution in [2.45, 2.75) is 39.3 Å². The Morgan fingerprint density at radius 1 is 1.12 bits per heavy atom. The van der Waals surface area contributed by atoms with E-state index in [0.29, 0.717) is 11.3 Å². The fourth-order valence-electron chi connectivity index (χ4n) is 2.06. The number of hydrogen-bond acceptors (Lipinski definition) is 4. The van der Waals surface area contributed by atoms with Gasteiger partial charge in [-0.15, -0.1) is 13.2 Å². The lowest BCUT2D eigenvalue weighted by Crippen LogP contribution is -2.32. The fourth-order valence-corrected chi connectivity index (χ4v) is 2.06. The maximum absolute atomic E-state index is 12.2. The number of ether oxygens (including phenoxy) is 2. The number of hydrogen-bond donors (Lipinski definition) is 1. The van der Waals surface area contributed by atoms with Crippen molar-refractivity contribution < 1.29 is 27.4 Å². The monoisotopic (exact) mass is 368 g/mol. The summed E-state index contributed by atoms with van der Waals surface area (Å²) in [4.78, 5) is 15.9. The maximum atomic E-state index is 12.2.